The quantitative estimate of drug-likeness (QED) is 0.165. The summed E-state index contributed by atoms with van der Waals surface area (Å²) in [6.45, 7) is 10.9. The summed E-state index contributed by atoms with van der Waals surface area (Å²) in [5.41, 5.74) is 0.185. The smallest absolute Gasteiger partial charge is 0.408 e. The second-order valence-electron chi connectivity index (χ2n) is 10.9. The highest BCUT2D eigenvalue weighted by molar-refractivity contribution is 5.86. The van der Waals surface area contributed by atoms with Crippen LogP contribution in [0.1, 0.15) is 64.4 Å². The maximum Gasteiger partial charge on any atom is 0.408 e. The van der Waals surface area contributed by atoms with Crippen LogP contribution in [0.3, 0.4) is 0 Å². The lowest BCUT2D eigenvalue weighted by Gasteiger charge is -2.29. The van der Waals surface area contributed by atoms with Crippen molar-refractivity contribution < 1.29 is 33.8 Å². The number of carbonyl (C=O) groups is 4. The van der Waals surface area contributed by atoms with Gasteiger partial charge < -0.3 is 30.5 Å². The van der Waals surface area contributed by atoms with E-state index in [0.717, 1.165) is 18.4 Å². The Kier molecular flexibility index (Phi) is 14.1. The molecule has 0 saturated heterocycles. The summed E-state index contributed by atoms with van der Waals surface area (Å²) >= 11 is 0. The van der Waals surface area contributed by atoms with Crippen LogP contribution in [0.4, 0.5) is 4.79 Å². The van der Waals surface area contributed by atoms with Gasteiger partial charge in [-0.3, -0.25) is 9.59 Å². The Morgan fingerprint density at radius 3 is 2.24 bits per heavy atom. The summed E-state index contributed by atoms with van der Waals surface area (Å²) in [7, 11) is 0. The molecule has 1 aromatic carbocycles. The topological polar surface area (TPSA) is 143 Å². The molecular formula is C31H45N3O7. The highest BCUT2D eigenvalue weighted by Crippen LogP contribution is 2.29. The number of allylic oxidation sites excluding steroid dienone is 1. The van der Waals surface area contributed by atoms with Crippen LogP contribution < -0.4 is 16.0 Å². The molecule has 0 radical (unpaired) electrons. The number of esters is 1. The minimum absolute atomic E-state index is 0.0505. The molecule has 1 saturated carbocycles. The highest BCUT2D eigenvalue weighted by Gasteiger charge is 2.36. The SMILES string of the molecule is C=CCC(CC(=O)NC1(CO)CCCC1)C(=O)NC(COC(=O)C(CC=C)NC(=O)OCc1ccccc1)C(C)C. The van der Waals surface area contributed by atoms with Gasteiger partial charge in [0, 0.05) is 6.42 Å². The Morgan fingerprint density at radius 1 is 1.00 bits per heavy atom. The summed E-state index contributed by atoms with van der Waals surface area (Å²) in [4.78, 5) is 51.1. The van der Waals surface area contributed by atoms with E-state index in [9.17, 15) is 24.3 Å². The van der Waals surface area contributed by atoms with Crippen molar-refractivity contribution in [1.82, 2.24) is 16.0 Å². The van der Waals surface area contributed by atoms with Crippen molar-refractivity contribution in [3.8, 4) is 0 Å². The number of ether oxygens (including phenoxy) is 2. The first-order valence-corrected chi connectivity index (χ1v) is 14.2. The predicted molar refractivity (Wildman–Crippen MR) is 155 cm³/mol. The number of nitrogens with one attached hydrogen (secondary N) is 3. The van der Waals surface area contributed by atoms with Crippen LogP contribution in [0.25, 0.3) is 0 Å². The van der Waals surface area contributed by atoms with E-state index in [4.69, 9.17) is 9.47 Å². The molecule has 1 aromatic rings. The van der Waals surface area contributed by atoms with E-state index in [1.54, 1.807) is 6.08 Å². The van der Waals surface area contributed by atoms with Crippen LogP contribution in [-0.2, 0) is 30.5 Å². The van der Waals surface area contributed by atoms with Gasteiger partial charge in [0.1, 0.15) is 19.3 Å². The molecule has 41 heavy (non-hydrogen) atoms. The van der Waals surface area contributed by atoms with Crippen LogP contribution in [0, 0.1) is 11.8 Å². The predicted octanol–water partition coefficient (Wildman–Crippen LogP) is 3.55. The standard InChI is InChI=1S/C31H45N3O7/c1-5-12-24(18-27(36)34-31(21-35)16-10-11-17-31)28(37)32-26(22(3)4)20-40-29(38)25(13-6-2)33-30(39)41-19-23-14-8-7-9-15-23/h5-9,14-15,22,24-26,35H,1-2,10-13,16-21H2,3-4H3,(H,32,37)(H,33,39)(H,34,36). The van der Waals surface area contributed by atoms with Crippen molar-refractivity contribution in [3.63, 3.8) is 0 Å². The van der Waals surface area contributed by atoms with E-state index in [0.29, 0.717) is 12.8 Å². The summed E-state index contributed by atoms with van der Waals surface area (Å²) in [5.74, 6) is -2.11. The largest absolute Gasteiger partial charge is 0.462 e. The van der Waals surface area contributed by atoms with E-state index in [2.05, 4.69) is 29.1 Å². The molecule has 0 aromatic heterocycles. The zero-order valence-corrected chi connectivity index (χ0v) is 24.2. The van der Waals surface area contributed by atoms with E-state index in [1.807, 2.05) is 44.2 Å². The maximum atomic E-state index is 13.2. The number of aliphatic hydroxyl groups excluding tert-OH is 1. The molecule has 10 heteroatoms. The third kappa shape index (κ3) is 11.4. The van der Waals surface area contributed by atoms with Gasteiger partial charge in [0.05, 0.1) is 24.1 Å². The van der Waals surface area contributed by atoms with Gasteiger partial charge in [-0.1, -0.05) is 69.2 Å². The number of hydrogen-bond donors (Lipinski definition) is 4. The molecule has 1 aliphatic carbocycles. The molecule has 3 amide bonds. The van der Waals surface area contributed by atoms with Crippen molar-refractivity contribution in [1.29, 1.82) is 0 Å². The molecule has 0 aliphatic heterocycles. The van der Waals surface area contributed by atoms with E-state index in [-0.39, 0.29) is 56.8 Å². The lowest BCUT2D eigenvalue weighted by atomic mass is 9.95. The third-order valence-electron chi connectivity index (χ3n) is 7.25. The maximum absolute atomic E-state index is 13.2. The fourth-order valence-corrected chi connectivity index (χ4v) is 4.69. The Morgan fingerprint density at radius 2 is 1.66 bits per heavy atom. The average molecular weight is 572 g/mol. The first-order chi connectivity index (χ1) is 19.6. The number of aliphatic hydroxyl groups is 1. The summed E-state index contributed by atoms with van der Waals surface area (Å²) in [6, 6.07) is 7.60. The fourth-order valence-electron chi connectivity index (χ4n) is 4.69. The van der Waals surface area contributed by atoms with Crippen molar-refractivity contribution in [2.75, 3.05) is 13.2 Å². The summed E-state index contributed by atoms with van der Waals surface area (Å²) in [5, 5.41) is 18.2. The molecule has 10 nitrogen and oxygen atoms in total. The van der Waals surface area contributed by atoms with Crippen LogP contribution in [-0.4, -0.2) is 59.8 Å². The second kappa shape index (κ2) is 17.2. The molecule has 226 valence electrons. The van der Waals surface area contributed by atoms with Crippen LogP contribution in [0.2, 0.25) is 0 Å². The van der Waals surface area contributed by atoms with E-state index in [1.165, 1.54) is 6.08 Å². The van der Waals surface area contributed by atoms with E-state index < -0.39 is 35.6 Å². The minimum Gasteiger partial charge on any atom is -0.462 e. The van der Waals surface area contributed by atoms with Gasteiger partial charge in [-0.15, -0.1) is 13.2 Å². The van der Waals surface area contributed by atoms with Gasteiger partial charge in [0.25, 0.3) is 0 Å². The average Bonchev–Trinajstić information content (AvgIpc) is 3.42. The van der Waals surface area contributed by atoms with Crippen LogP contribution in [0.15, 0.2) is 55.6 Å². The van der Waals surface area contributed by atoms with Gasteiger partial charge in [-0.05, 0) is 37.2 Å². The third-order valence-corrected chi connectivity index (χ3v) is 7.25. The van der Waals surface area contributed by atoms with Crippen LogP contribution >= 0.6 is 0 Å². The van der Waals surface area contributed by atoms with E-state index >= 15 is 0 Å². The molecule has 0 bridgehead atoms. The van der Waals surface area contributed by atoms with Gasteiger partial charge >= 0.3 is 12.1 Å². The van der Waals surface area contributed by atoms with Gasteiger partial charge in [0.2, 0.25) is 11.8 Å². The lowest BCUT2D eigenvalue weighted by Crippen LogP contribution is -2.51. The van der Waals surface area contributed by atoms with Crippen molar-refractivity contribution in [3.05, 3.63) is 61.2 Å². The molecule has 1 aliphatic rings. The molecule has 3 atom stereocenters. The minimum atomic E-state index is -1.01. The van der Waals surface area contributed by atoms with Gasteiger partial charge in [0.15, 0.2) is 0 Å². The number of rotatable bonds is 17. The normalized spacial score (nSPS) is 16.1. The zero-order valence-electron chi connectivity index (χ0n) is 24.2. The van der Waals surface area contributed by atoms with Crippen LogP contribution in [0.5, 0.6) is 0 Å². The molecule has 0 heterocycles. The number of alkyl carbamates (subject to hydrolysis) is 1. The number of benzene rings is 1. The lowest BCUT2D eigenvalue weighted by molar-refractivity contribution is -0.148. The first-order valence-electron chi connectivity index (χ1n) is 14.2. The molecular weight excluding hydrogens is 526 g/mol. The van der Waals surface area contributed by atoms with Gasteiger partial charge in [-0.2, -0.15) is 0 Å². The molecule has 4 N–H and O–H groups in total. The van der Waals surface area contributed by atoms with Crippen molar-refractivity contribution in [2.45, 2.75) is 83.0 Å². The van der Waals surface area contributed by atoms with Crippen molar-refractivity contribution >= 4 is 23.9 Å². The monoisotopic (exact) mass is 571 g/mol. The first kappa shape index (κ1) is 33.5. The van der Waals surface area contributed by atoms with Gasteiger partial charge in [-0.25, -0.2) is 9.59 Å². The number of hydrogen-bond acceptors (Lipinski definition) is 7. The fraction of sp³-hybridized carbons (Fsp3) is 0.548. The number of carbonyl (C=O) groups excluding carboxylic acids is 4. The number of amides is 3. The Balaban J connectivity index is 1.92. The Bertz CT molecular complexity index is 1020. The Hall–Kier alpha value is -3.66. The van der Waals surface area contributed by atoms with Crippen molar-refractivity contribution in [2.24, 2.45) is 11.8 Å². The summed E-state index contributed by atoms with van der Waals surface area (Å²) < 4.78 is 10.7. The molecule has 0 spiro atoms. The molecule has 3 unspecified atom stereocenters. The molecule has 2 rings (SSSR count). The summed E-state index contributed by atoms with van der Waals surface area (Å²) in [6.07, 6.45) is 5.95. The zero-order chi connectivity index (χ0) is 30.3. The highest BCUT2D eigenvalue weighted by atomic mass is 16.6. The second-order valence-corrected chi connectivity index (χ2v) is 10.9. The Labute approximate surface area is 242 Å². The molecule has 1 fully saturated rings.